The van der Waals surface area contributed by atoms with Gasteiger partial charge in [-0.15, -0.1) is 0 Å². The Kier molecular flexibility index (Phi) is 9.23. The van der Waals surface area contributed by atoms with Gasteiger partial charge in [0, 0.05) is 18.5 Å². The molecule has 34 heavy (non-hydrogen) atoms. The van der Waals surface area contributed by atoms with Crippen molar-refractivity contribution in [1.29, 1.82) is 0 Å². The maximum atomic E-state index is 13.1. The second kappa shape index (κ2) is 12.1. The normalized spacial score (nSPS) is 17.6. The van der Waals surface area contributed by atoms with E-state index in [0.29, 0.717) is 22.1 Å². The summed E-state index contributed by atoms with van der Waals surface area (Å²) in [7, 11) is 0. The highest BCUT2D eigenvalue weighted by Crippen LogP contribution is 2.44. The number of nitrogens with zero attached hydrogens (tertiary/aromatic N) is 2. The molecule has 0 radical (unpaired) electrons. The fourth-order valence-electron chi connectivity index (χ4n) is 4.14. The van der Waals surface area contributed by atoms with E-state index < -0.39 is 24.4 Å². The molecule has 0 saturated carbocycles. The van der Waals surface area contributed by atoms with Crippen LogP contribution in [0, 0.1) is 0 Å². The van der Waals surface area contributed by atoms with E-state index in [2.05, 4.69) is 0 Å². The molecule has 1 aromatic carbocycles. The molecule has 1 aromatic rings. The van der Waals surface area contributed by atoms with E-state index in [0.717, 1.165) is 63.1 Å². The number of carboxylic acid groups (broad SMARTS) is 2. The summed E-state index contributed by atoms with van der Waals surface area (Å²) in [6.07, 6.45) is 7.84. The zero-order valence-electron chi connectivity index (χ0n) is 18.8. The molecule has 0 atom stereocenters. The first-order chi connectivity index (χ1) is 16.3. The lowest BCUT2D eigenvalue weighted by atomic mass is 10.1. The highest BCUT2D eigenvalue weighted by molar-refractivity contribution is 8.26. The smallest absolute Gasteiger partial charge is 0.323 e. The Balaban J connectivity index is 1.54. The van der Waals surface area contributed by atoms with Crippen molar-refractivity contribution < 1.29 is 29.4 Å². The Morgan fingerprint density at radius 1 is 0.824 bits per heavy atom. The average Bonchev–Trinajstić information content (AvgIpc) is 3.21. The van der Waals surface area contributed by atoms with Crippen molar-refractivity contribution in [2.75, 3.05) is 18.0 Å². The first kappa shape index (κ1) is 25.9. The maximum Gasteiger partial charge on any atom is 0.323 e. The van der Waals surface area contributed by atoms with E-state index in [9.17, 15) is 24.3 Å². The second-order valence-electron chi connectivity index (χ2n) is 8.30. The van der Waals surface area contributed by atoms with Crippen LogP contribution >= 0.6 is 24.0 Å². The number of carbonyl (C=O) groups is 4. The van der Waals surface area contributed by atoms with Gasteiger partial charge in [-0.25, -0.2) is 0 Å². The Morgan fingerprint density at radius 3 is 2.09 bits per heavy atom. The number of rotatable bonds is 13. The van der Waals surface area contributed by atoms with Crippen LogP contribution in [0.5, 0.6) is 0 Å². The van der Waals surface area contributed by atoms with Crippen LogP contribution in [0.3, 0.4) is 0 Å². The van der Waals surface area contributed by atoms with Crippen molar-refractivity contribution in [1.82, 2.24) is 4.90 Å². The average molecular weight is 505 g/mol. The minimum absolute atomic E-state index is 0.222. The molecule has 0 unspecified atom stereocenters. The van der Waals surface area contributed by atoms with Crippen LogP contribution in [0.2, 0.25) is 0 Å². The first-order valence-corrected chi connectivity index (χ1v) is 12.7. The number of thiocarbonyl (C=S) groups is 1. The van der Waals surface area contributed by atoms with Crippen molar-refractivity contribution in [2.45, 2.75) is 57.8 Å². The molecular weight excluding hydrogens is 476 g/mol. The van der Waals surface area contributed by atoms with Crippen molar-refractivity contribution in [3.05, 3.63) is 34.7 Å². The molecule has 8 nitrogen and oxygen atoms in total. The SMILES string of the molecule is O=C(O)CCCCCCCCCCN1C(=O)C(=C2C(=O)N(CC(=O)O)c3ccccc32)SC1=S. The molecule has 2 aliphatic heterocycles. The van der Waals surface area contributed by atoms with Gasteiger partial charge >= 0.3 is 11.9 Å². The standard InChI is InChI=1S/C24H28N2O6S2/c27-18(28)13-7-5-3-1-2-4-6-10-14-25-23(32)21(34-24(25)33)20-16-11-8-9-12-17(16)26(22(20)31)15-19(29)30/h8-9,11-12H,1-7,10,13-15H2,(H,27,28)(H,29,30). The van der Waals surface area contributed by atoms with E-state index >= 15 is 0 Å². The van der Waals surface area contributed by atoms with E-state index in [4.69, 9.17) is 17.3 Å². The van der Waals surface area contributed by atoms with Gasteiger partial charge < -0.3 is 10.2 Å². The van der Waals surface area contributed by atoms with Crippen molar-refractivity contribution in [2.24, 2.45) is 0 Å². The van der Waals surface area contributed by atoms with Crippen LogP contribution in [-0.4, -0.2) is 56.3 Å². The molecule has 0 aromatic heterocycles. The molecule has 182 valence electrons. The highest BCUT2D eigenvalue weighted by atomic mass is 32.2. The Labute approximate surface area is 208 Å². The summed E-state index contributed by atoms with van der Waals surface area (Å²) in [5.74, 6) is -2.67. The highest BCUT2D eigenvalue weighted by Gasteiger charge is 2.42. The number of anilines is 1. The molecule has 0 aliphatic carbocycles. The lowest BCUT2D eigenvalue weighted by Crippen LogP contribution is -2.33. The van der Waals surface area contributed by atoms with E-state index in [1.807, 2.05) is 0 Å². The largest absolute Gasteiger partial charge is 0.481 e. The van der Waals surface area contributed by atoms with Gasteiger partial charge in [0.1, 0.15) is 10.9 Å². The maximum absolute atomic E-state index is 13.1. The van der Waals surface area contributed by atoms with Crippen LogP contribution in [0.1, 0.15) is 63.4 Å². The summed E-state index contributed by atoms with van der Waals surface area (Å²) >= 11 is 6.52. The van der Waals surface area contributed by atoms with Crippen molar-refractivity contribution >= 4 is 63.3 Å². The Hall–Kier alpha value is -2.72. The monoisotopic (exact) mass is 504 g/mol. The predicted octanol–water partition coefficient (Wildman–Crippen LogP) is 4.28. The fourth-order valence-corrected chi connectivity index (χ4v) is 5.52. The summed E-state index contributed by atoms with van der Waals surface area (Å²) < 4.78 is 0.410. The van der Waals surface area contributed by atoms with Gasteiger partial charge in [-0.3, -0.25) is 29.0 Å². The quantitative estimate of drug-likeness (QED) is 0.232. The number of fused-ring (bicyclic) bond motifs is 1. The zero-order valence-corrected chi connectivity index (χ0v) is 20.5. The number of para-hydroxylation sites is 1. The van der Waals surface area contributed by atoms with Gasteiger partial charge in [0.15, 0.2) is 0 Å². The van der Waals surface area contributed by atoms with Crippen molar-refractivity contribution in [3.8, 4) is 0 Å². The van der Waals surface area contributed by atoms with Gasteiger partial charge in [-0.05, 0) is 18.9 Å². The summed E-state index contributed by atoms with van der Waals surface area (Å²) in [5.41, 5.74) is 1.26. The minimum Gasteiger partial charge on any atom is -0.481 e. The molecule has 10 heteroatoms. The number of unbranched alkanes of at least 4 members (excludes halogenated alkanes) is 7. The number of carboxylic acids is 2. The molecule has 2 heterocycles. The van der Waals surface area contributed by atoms with Crippen molar-refractivity contribution in [3.63, 3.8) is 0 Å². The molecule has 2 aliphatic rings. The number of amides is 2. The molecule has 1 saturated heterocycles. The van der Waals surface area contributed by atoms with Crippen LogP contribution in [0.15, 0.2) is 29.2 Å². The molecular formula is C24H28N2O6S2. The number of hydrogen-bond donors (Lipinski definition) is 2. The third-order valence-electron chi connectivity index (χ3n) is 5.82. The van der Waals surface area contributed by atoms with Gasteiger partial charge in [-0.2, -0.15) is 0 Å². The second-order valence-corrected chi connectivity index (χ2v) is 9.95. The topological polar surface area (TPSA) is 115 Å². The summed E-state index contributed by atoms with van der Waals surface area (Å²) in [5, 5.41) is 17.8. The fraction of sp³-hybridized carbons (Fsp3) is 0.458. The minimum atomic E-state index is -1.13. The number of hydrogen-bond acceptors (Lipinski definition) is 6. The van der Waals surface area contributed by atoms with E-state index in [1.54, 1.807) is 24.3 Å². The zero-order chi connectivity index (χ0) is 24.7. The van der Waals surface area contributed by atoms with Gasteiger partial charge in [0.2, 0.25) is 0 Å². The van der Waals surface area contributed by atoms with Gasteiger partial charge in [-0.1, -0.05) is 80.7 Å². The summed E-state index contributed by atoms with van der Waals surface area (Å²) in [6.45, 7) is 0.00788. The summed E-state index contributed by atoms with van der Waals surface area (Å²) in [6, 6.07) is 6.88. The number of thioether (sulfide) groups is 1. The Bertz CT molecular complexity index is 1020. The summed E-state index contributed by atoms with van der Waals surface area (Å²) in [4.78, 5) is 50.9. The van der Waals surface area contributed by atoms with Crippen LogP contribution in [-0.2, 0) is 19.2 Å². The molecule has 2 amide bonds. The third kappa shape index (κ3) is 6.24. The molecule has 1 fully saturated rings. The number of carbonyl (C=O) groups excluding carboxylic acids is 2. The molecule has 3 rings (SSSR count). The lowest BCUT2D eigenvalue weighted by Gasteiger charge is -2.14. The predicted molar refractivity (Wildman–Crippen MR) is 134 cm³/mol. The van der Waals surface area contributed by atoms with E-state index in [-0.39, 0.29) is 22.8 Å². The van der Waals surface area contributed by atoms with Gasteiger partial charge in [0.05, 0.1) is 16.2 Å². The number of benzene rings is 1. The molecule has 0 bridgehead atoms. The number of aliphatic carboxylic acids is 2. The van der Waals surface area contributed by atoms with Crippen LogP contribution in [0.25, 0.3) is 5.57 Å². The Morgan fingerprint density at radius 2 is 1.44 bits per heavy atom. The van der Waals surface area contributed by atoms with E-state index in [1.165, 1.54) is 9.80 Å². The molecule has 2 N–H and O–H groups in total. The van der Waals surface area contributed by atoms with Gasteiger partial charge in [0.25, 0.3) is 11.8 Å². The van der Waals surface area contributed by atoms with Crippen LogP contribution < -0.4 is 4.90 Å². The third-order valence-corrected chi connectivity index (χ3v) is 7.26. The first-order valence-electron chi connectivity index (χ1n) is 11.4. The molecule has 0 spiro atoms. The lowest BCUT2D eigenvalue weighted by molar-refractivity contribution is -0.137. The van der Waals surface area contributed by atoms with Crippen LogP contribution in [0.4, 0.5) is 5.69 Å².